The molecule has 5 nitrogen and oxygen atoms in total. The third-order valence-corrected chi connectivity index (χ3v) is 3.28. The highest BCUT2D eigenvalue weighted by Crippen LogP contribution is 2.11. The maximum Gasteiger partial charge on any atom is 0.176 e. The number of hydrogen-bond donors (Lipinski definition) is 1. The van der Waals surface area contributed by atoms with Gasteiger partial charge in [0, 0.05) is 18.2 Å². The van der Waals surface area contributed by atoms with E-state index in [0.717, 1.165) is 18.0 Å². The van der Waals surface area contributed by atoms with Crippen LogP contribution in [0.5, 0.6) is 0 Å². The first-order chi connectivity index (χ1) is 7.11. The number of tetrazole rings is 1. The minimum absolute atomic E-state index is 0.418. The monoisotopic (exact) mass is 229 g/mol. The Morgan fingerprint density at radius 1 is 1.47 bits per heavy atom. The second kappa shape index (κ2) is 6.07. The van der Waals surface area contributed by atoms with Crippen molar-refractivity contribution in [1.82, 2.24) is 25.5 Å². The van der Waals surface area contributed by atoms with Crippen LogP contribution in [0, 0.1) is 0 Å². The van der Waals surface area contributed by atoms with Crippen LogP contribution in [-0.4, -0.2) is 44.3 Å². The minimum Gasteiger partial charge on any atom is -0.316 e. The molecular formula is C9H19N5S. The van der Waals surface area contributed by atoms with Crippen molar-refractivity contribution in [2.24, 2.45) is 7.05 Å². The van der Waals surface area contributed by atoms with Crippen molar-refractivity contribution >= 4 is 11.8 Å². The quantitative estimate of drug-likeness (QED) is 0.769. The van der Waals surface area contributed by atoms with Crippen LogP contribution in [0.4, 0.5) is 0 Å². The van der Waals surface area contributed by atoms with Crippen molar-refractivity contribution in [3.05, 3.63) is 5.82 Å². The molecule has 1 N–H and O–H groups in total. The summed E-state index contributed by atoms with van der Waals surface area (Å²) in [6, 6.07) is 0.418. The summed E-state index contributed by atoms with van der Waals surface area (Å²) in [7, 11) is 3.76. The molecule has 6 heteroatoms. The molecule has 1 aromatic rings. The molecule has 0 fully saturated rings. The molecule has 0 radical (unpaired) electrons. The van der Waals surface area contributed by atoms with Gasteiger partial charge in [0.2, 0.25) is 0 Å². The smallest absolute Gasteiger partial charge is 0.176 e. The lowest BCUT2D eigenvalue weighted by atomic mass is 10.2. The molecule has 0 spiro atoms. The van der Waals surface area contributed by atoms with E-state index in [4.69, 9.17) is 0 Å². The molecule has 1 heterocycles. The van der Waals surface area contributed by atoms with Gasteiger partial charge in [0.25, 0.3) is 0 Å². The highest BCUT2D eigenvalue weighted by Gasteiger charge is 2.11. The van der Waals surface area contributed by atoms with Crippen LogP contribution in [0.2, 0.25) is 0 Å². The van der Waals surface area contributed by atoms with E-state index in [9.17, 15) is 0 Å². The van der Waals surface area contributed by atoms with Gasteiger partial charge in [-0.15, -0.1) is 10.2 Å². The lowest BCUT2D eigenvalue weighted by molar-refractivity contribution is 0.590. The SMILES string of the molecule is CNC(CSC(C)C)Cc1nnn(C)n1. The second-order valence-electron chi connectivity index (χ2n) is 3.77. The Hall–Kier alpha value is -0.620. The molecule has 0 aliphatic heterocycles. The van der Waals surface area contributed by atoms with Gasteiger partial charge >= 0.3 is 0 Å². The van der Waals surface area contributed by atoms with E-state index >= 15 is 0 Å². The Labute approximate surface area is 95.0 Å². The lowest BCUT2D eigenvalue weighted by Gasteiger charge is -2.14. The summed E-state index contributed by atoms with van der Waals surface area (Å²) in [5.74, 6) is 1.88. The Morgan fingerprint density at radius 3 is 2.67 bits per heavy atom. The maximum absolute atomic E-state index is 4.17. The number of aromatic nitrogens is 4. The summed E-state index contributed by atoms with van der Waals surface area (Å²) in [6.07, 6.45) is 0.837. The fraction of sp³-hybridized carbons (Fsp3) is 0.889. The minimum atomic E-state index is 0.418. The molecule has 0 aliphatic carbocycles. The Kier molecular flexibility index (Phi) is 5.04. The second-order valence-corrected chi connectivity index (χ2v) is 5.38. The fourth-order valence-electron chi connectivity index (χ4n) is 1.18. The van der Waals surface area contributed by atoms with Crippen LogP contribution in [0.15, 0.2) is 0 Å². The van der Waals surface area contributed by atoms with Gasteiger partial charge in [-0.3, -0.25) is 0 Å². The van der Waals surface area contributed by atoms with Crippen LogP contribution in [0.25, 0.3) is 0 Å². The molecule has 1 rings (SSSR count). The van der Waals surface area contributed by atoms with E-state index in [2.05, 4.69) is 34.6 Å². The number of aryl methyl sites for hydroxylation is 1. The maximum atomic E-state index is 4.17. The molecule has 15 heavy (non-hydrogen) atoms. The van der Waals surface area contributed by atoms with Crippen molar-refractivity contribution in [1.29, 1.82) is 0 Å². The van der Waals surface area contributed by atoms with E-state index in [0.29, 0.717) is 11.3 Å². The largest absolute Gasteiger partial charge is 0.316 e. The van der Waals surface area contributed by atoms with E-state index in [-0.39, 0.29) is 0 Å². The summed E-state index contributed by atoms with van der Waals surface area (Å²) in [4.78, 5) is 1.50. The summed E-state index contributed by atoms with van der Waals surface area (Å²) >= 11 is 1.94. The zero-order chi connectivity index (χ0) is 11.3. The third-order valence-electron chi connectivity index (χ3n) is 2.02. The molecule has 86 valence electrons. The van der Waals surface area contributed by atoms with Crippen molar-refractivity contribution in [3.8, 4) is 0 Å². The topological polar surface area (TPSA) is 55.6 Å². The molecule has 1 aromatic heterocycles. The zero-order valence-corrected chi connectivity index (χ0v) is 10.6. The first kappa shape index (κ1) is 12.4. The Morgan fingerprint density at radius 2 is 2.20 bits per heavy atom. The number of rotatable bonds is 6. The molecule has 0 saturated heterocycles. The van der Waals surface area contributed by atoms with Crippen LogP contribution < -0.4 is 5.32 Å². The van der Waals surface area contributed by atoms with E-state index in [1.54, 1.807) is 7.05 Å². The molecule has 0 amide bonds. The predicted molar refractivity (Wildman–Crippen MR) is 62.9 cm³/mol. The summed E-state index contributed by atoms with van der Waals surface area (Å²) in [5, 5.41) is 15.9. The van der Waals surface area contributed by atoms with Crippen LogP contribution in [0.3, 0.4) is 0 Å². The average molecular weight is 229 g/mol. The molecule has 0 aliphatic rings. The van der Waals surface area contributed by atoms with Crippen molar-refractivity contribution in [3.63, 3.8) is 0 Å². The summed E-state index contributed by atoms with van der Waals surface area (Å²) < 4.78 is 0. The van der Waals surface area contributed by atoms with Gasteiger partial charge < -0.3 is 5.32 Å². The van der Waals surface area contributed by atoms with Gasteiger partial charge in [-0.05, 0) is 17.5 Å². The molecule has 0 aromatic carbocycles. The number of nitrogens with one attached hydrogen (secondary N) is 1. The van der Waals surface area contributed by atoms with Gasteiger partial charge in [0.1, 0.15) is 0 Å². The third kappa shape index (κ3) is 4.61. The molecule has 0 saturated carbocycles. The summed E-state index contributed by atoms with van der Waals surface area (Å²) in [6.45, 7) is 4.41. The van der Waals surface area contributed by atoms with Gasteiger partial charge in [0.05, 0.1) is 7.05 Å². The number of hydrogen-bond acceptors (Lipinski definition) is 5. The first-order valence-corrected chi connectivity index (χ1v) is 6.18. The van der Waals surface area contributed by atoms with Crippen LogP contribution >= 0.6 is 11.8 Å². The molecule has 1 atom stereocenters. The fourth-order valence-corrected chi connectivity index (χ4v) is 2.08. The van der Waals surface area contributed by atoms with E-state index in [1.165, 1.54) is 4.80 Å². The lowest BCUT2D eigenvalue weighted by Crippen LogP contribution is -2.31. The number of nitrogens with zero attached hydrogens (tertiary/aromatic N) is 4. The van der Waals surface area contributed by atoms with Gasteiger partial charge in [-0.2, -0.15) is 16.6 Å². The highest BCUT2D eigenvalue weighted by molar-refractivity contribution is 7.99. The first-order valence-electron chi connectivity index (χ1n) is 5.13. The highest BCUT2D eigenvalue weighted by atomic mass is 32.2. The van der Waals surface area contributed by atoms with Crippen molar-refractivity contribution in [2.75, 3.05) is 12.8 Å². The number of likely N-dealkylation sites (N-methyl/N-ethyl adjacent to an activating group) is 1. The molecule has 0 bridgehead atoms. The van der Waals surface area contributed by atoms with Crippen molar-refractivity contribution in [2.45, 2.75) is 31.6 Å². The van der Waals surface area contributed by atoms with Crippen LogP contribution in [0.1, 0.15) is 19.7 Å². The van der Waals surface area contributed by atoms with E-state index < -0.39 is 0 Å². The normalized spacial score (nSPS) is 13.4. The number of thioether (sulfide) groups is 1. The molecular weight excluding hydrogens is 210 g/mol. The Bertz CT molecular complexity index is 286. The predicted octanol–water partition coefficient (Wildman–Crippen LogP) is 0.482. The molecule has 1 unspecified atom stereocenters. The Balaban J connectivity index is 2.39. The van der Waals surface area contributed by atoms with Crippen LogP contribution in [-0.2, 0) is 13.5 Å². The zero-order valence-electron chi connectivity index (χ0n) is 9.77. The van der Waals surface area contributed by atoms with Crippen molar-refractivity contribution < 1.29 is 0 Å². The van der Waals surface area contributed by atoms with E-state index in [1.807, 2.05) is 18.8 Å². The summed E-state index contributed by atoms with van der Waals surface area (Å²) in [5.41, 5.74) is 0. The van der Waals surface area contributed by atoms with Gasteiger partial charge in [-0.25, -0.2) is 0 Å². The average Bonchev–Trinajstić information content (AvgIpc) is 2.58. The van der Waals surface area contributed by atoms with Gasteiger partial charge in [-0.1, -0.05) is 13.8 Å². The van der Waals surface area contributed by atoms with Gasteiger partial charge in [0.15, 0.2) is 5.82 Å². The standard InChI is InChI=1S/C9H19N5S/c1-7(2)15-6-8(10-3)5-9-11-13-14(4)12-9/h7-8,10H,5-6H2,1-4H3.